The third-order valence-electron chi connectivity index (χ3n) is 7.56. The number of halogens is 2. The molecule has 4 unspecified atom stereocenters. The molecule has 0 aromatic heterocycles. The molecule has 1 aliphatic carbocycles. The summed E-state index contributed by atoms with van der Waals surface area (Å²) in [5.74, 6) is -3.05. The number of rotatable bonds is 1. The maximum Gasteiger partial charge on any atom is 0.217 e. The summed E-state index contributed by atoms with van der Waals surface area (Å²) in [6, 6.07) is 10.5. The van der Waals surface area contributed by atoms with Crippen LogP contribution in [0.1, 0.15) is 75.9 Å². The standard InChI is InChI=1S/C25H26BrFN4O2/c26-17-10-11-18(19(27)13-17)21-23(14-28,15-29)24(16-30)20-9-7-5-3-1-2-4-6-8-12-25(20,32-21)33-22(24)31/h10-11,13,20-21,31H,1-9,12H2. The van der Waals surface area contributed by atoms with Gasteiger partial charge in [0.05, 0.1) is 24.1 Å². The molecule has 1 aromatic rings. The molecule has 0 spiro atoms. The number of nitrogens with one attached hydrogen (secondary N) is 1. The lowest BCUT2D eigenvalue weighted by atomic mass is 9.52. The summed E-state index contributed by atoms with van der Waals surface area (Å²) in [5, 5.41) is 40.0. The highest BCUT2D eigenvalue weighted by atomic mass is 79.9. The summed E-state index contributed by atoms with van der Waals surface area (Å²) >= 11 is 3.23. The van der Waals surface area contributed by atoms with Gasteiger partial charge in [0, 0.05) is 16.5 Å². The zero-order valence-corrected chi connectivity index (χ0v) is 20.0. The predicted octanol–water partition coefficient (Wildman–Crippen LogP) is 6.44. The molecule has 2 aliphatic heterocycles. The number of benzene rings is 1. The van der Waals surface area contributed by atoms with Crippen molar-refractivity contribution in [1.29, 1.82) is 21.2 Å². The second kappa shape index (κ2) is 9.05. The zero-order chi connectivity index (χ0) is 23.7. The fourth-order valence-corrected chi connectivity index (χ4v) is 6.25. The van der Waals surface area contributed by atoms with Gasteiger partial charge >= 0.3 is 0 Å². The van der Waals surface area contributed by atoms with Crippen LogP contribution in [0.15, 0.2) is 22.7 Å². The first-order valence-corrected chi connectivity index (χ1v) is 12.3. The third kappa shape index (κ3) is 3.45. The first kappa shape index (κ1) is 23.7. The van der Waals surface area contributed by atoms with Gasteiger partial charge in [-0.05, 0) is 25.0 Å². The van der Waals surface area contributed by atoms with Gasteiger partial charge in [0.15, 0.2) is 5.41 Å². The minimum atomic E-state index is -2.13. The van der Waals surface area contributed by atoms with E-state index in [1.165, 1.54) is 12.1 Å². The van der Waals surface area contributed by atoms with Gasteiger partial charge < -0.3 is 9.47 Å². The largest absolute Gasteiger partial charge is 0.447 e. The third-order valence-corrected chi connectivity index (χ3v) is 8.05. The van der Waals surface area contributed by atoms with Crippen LogP contribution < -0.4 is 0 Å². The van der Waals surface area contributed by atoms with E-state index in [0.717, 1.165) is 51.4 Å². The smallest absolute Gasteiger partial charge is 0.217 e. The molecule has 3 aliphatic rings. The Labute approximate surface area is 201 Å². The van der Waals surface area contributed by atoms with Crippen molar-refractivity contribution in [3.8, 4) is 18.2 Å². The van der Waals surface area contributed by atoms with Crippen molar-refractivity contribution >= 4 is 21.8 Å². The molecule has 0 amide bonds. The molecule has 1 aromatic carbocycles. The summed E-state index contributed by atoms with van der Waals surface area (Å²) in [5.41, 5.74) is -3.96. The van der Waals surface area contributed by atoms with E-state index in [4.69, 9.17) is 14.9 Å². The number of ether oxygens (including phenoxy) is 2. The van der Waals surface area contributed by atoms with Crippen molar-refractivity contribution in [2.75, 3.05) is 0 Å². The minimum Gasteiger partial charge on any atom is -0.447 e. The first-order valence-electron chi connectivity index (χ1n) is 11.6. The van der Waals surface area contributed by atoms with Crippen LogP contribution in [0.4, 0.5) is 4.39 Å². The maximum absolute atomic E-state index is 15.1. The highest BCUT2D eigenvalue weighted by Crippen LogP contribution is 2.68. The Bertz CT molecular complexity index is 1060. The number of nitriles is 3. The van der Waals surface area contributed by atoms with Crippen LogP contribution in [-0.4, -0.2) is 11.7 Å². The summed E-state index contributed by atoms with van der Waals surface area (Å²) in [6.45, 7) is 0. The molecule has 1 saturated carbocycles. The summed E-state index contributed by atoms with van der Waals surface area (Å²) < 4.78 is 28.1. The van der Waals surface area contributed by atoms with E-state index < -0.39 is 40.4 Å². The quantitative estimate of drug-likeness (QED) is 0.464. The Morgan fingerprint density at radius 3 is 2.21 bits per heavy atom. The van der Waals surface area contributed by atoms with Crippen LogP contribution in [0.25, 0.3) is 0 Å². The predicted molar refractivity (Wildman–Crippen MR) is 121 cm³/mol. The van der Waals surface area contributed by atoms with E-state index in [1.807, 2.05) is 12.1 Å². The Morgan fingerprint density at radius 2 is 1.61 bits per heavy atom. The lowest BCUT2D eigenvalue weighted by Gasteiger charge is -2.50. The fourth-order valence-electron chi connectivity index (χ4n) is 5.91. The number of hydrogen-bond acceptors (Lipinski definition) is 6. The Kier molecular flexibility index (Phi) is 6.50. The molecule has 2 saturated heterocycles. The molecule has 1 N–H and O–H groups in total. The van der Waals surface area contributed by atoms with Crippen molar-refractivity contribution in [1.82, 2.24) is 0 Å². The van der Waals surface area contributed by atoms with Crippen LogP contribution in [0, 0.1) is 62.0 Å². The van der Waals surface area contributed by atoms with Gasteiger partial charge in [0.1, 0.15) is 11.9 Å². The zero-order valence-electron chi connectivity index (χ0n) is 18.4. The second-order valence-electron chi connectivity index (χ2n) is 9.28. The summed E-state index contributed by atoms with van der Waals surface area (Å²) in [4.78, 5) is 0. The Balaban J connectivity index is 1.91. The van der Waals surface area contributed by atoms with Gasteiger partial charge in [-0.15, -0.1) is 0 Å². The summed E-state index contributed by atoms with van der Waals surface area (Å²) in [7, 11) is 0. The average molecular weight is 513 g/mol. The molecule has 33 heavy (non-hydrogen) atoms. The highest BCUT2D eigenvalue weighted by Gasteiger charge is 2.80. The molecule has 8 heteroatoms. The van der Waals surface area contributed by atoms with Gasteiger partial charge in [0.25, 0.3) is 0 Å². The van der Waals surface area contributed by atoms with Crippen molar-refractivity contribution in [3.63, 3.8) is 0 Å². The summed E-state index contributed by atoms with van der Waals surface area (Å²) in [6.07, 6.45) is 7.47. The van der Waals surface area contributed by atoms with E-state index in [0.29, 0.717) is 17.3 Å². The molecule has 4 atom stereocenters. The van der Waals surface area contributed by atoms with Gasteiger partial charge in [0.2, 0.25) is 17.1 Å². The first-order chi connectivity index (χ1) is 15.9. The SMILES string of the molecule is N#CC1(C#N)C(c2ccc(Br)cc2F)OC23CCCCCCCCCCC2C1(C#N)C(=N)O3. The van der Waals surface area contributed by atoms with E-state index in [1.54, 1.807) is 6.07 Å². The fraction of sp³-hybridized carbons (Fsp3) is 0.600. The van der Waals surface area contributed by atoms with E-state index >= 15 is 4.39 Å². The van der Waals surface area contributed by atoms with E-state index in [-0.39, 0.29) is 5.56 Å². The van der Waals surface area contributed by atoms with Gasteiger partial charge in [-0.3, -0.25) is 5.41 Å². The minimum absolute atomic E-state index is 0.0168. The molecular weight excluding hydrogens is 487 g/mol. The topological polar surface area (TPSA) is 114 Å². The molecule has 0 radical (unpaired) electrons. The van der Waals surface area contributed by atoms with Gasteiger partial charge in [-0.2, -0.15) is 15.8 Å². The molecular formula is C25H26BrFN4O2. The van der Waals surface area contributed by atoms with Crippen LogP contribution in [0.3, 0.4) is 0 Å². The van der Waals surface area contributed by atoms with E-state index in [2.05, 4.69) is 22.0 Å². The second-order valence-corrected chi connectivity index (χ2v) is 10.2. The average Bonchev–Trinajstić information content (AvgIpc) is 2.97. The molecule has 4 rings (SSSR count). The molecule has 2 bridgehead atoms. The normalized spacial score (nSPS) is 33.7. The van der Waals surface area contributed by atoms with Crippen molar-refractivity contribution < 1.29 is 13.9 Å². The van der Waals surface area contributed by atoms with Crippen molar-refractivity contribution in [2.45, 2.75) is 76.1 Å². The van der Waals surface area contributed by atoms with Crippen molar-refractivity contribution in [2.24, 2.45) is 16.7 Å². The van der Waals surface area contributed by atoms with Crippen LogP contribution in [0.5, 0.6) is 0 Å². The molecule has 6 nitrogen and oxygen atoms in total. The van der Waals surface area contributed by atoms with Crippen molar-refractivity contribution in [3.05, 3.63) is 34.1 Å². The lowest BCUT2D eigenvalue weighted by molar-refractivity contribution is -0.288. The molecule has 3 fully saturated rings. The van der Waals surface area contributed by atoms with Crippen LogP contribution in [0.2, 0.25) is 0 Å². The lowest BCUT2D eigenvalue weighted by Crippen LogP contribution is -2.59. The highest BCUT2D eigenvalue weighted by molar-refractivity contribution is 9.10. The molecule has 2 heterocycles. The Morgan fingerprint density at radius 1 is 0.970 bits per heavy atom. The van der Waals surface area contributed by atoms with Gasteiger partial charge in [-0.25, -0.2) is 4.39 Å². The van der Waals surface area contributed by atoms with E-state index in [9.17, 15) is 15.8 Å². The maximum atomic E-state index is 15.1. The van der Waals surface area contributed by atoms with Gasteiger partial charge in [-0.1, -0.05) is 66.9 Å². The molecule has 172 valence electrons. The number of hydrogen-bond donors (Lipinski definition) is 1. The van der Waals surface area contributed by atoms with Crippen LogP contribution in [-0.2, 0) is 9.47 Å². The number of nitrogens with zero attached hydrogens (tertiary/aromatic N) is 3. The monoisotopic (exact) mass is 512 g/mol. The Hall–Kier alpha value is -2.47. The van der Waals surface area contributed by atoms with Crippen LogP contribution >= 0.6 is 15.9 Å².